The van der Waals surface area contributed by atoms with E-state index >= 15 is 0 Å². The Bertz CT molecular complexity index is 521. The molecule has 4 nitrogen and oxygen atoms in total. The fraction of sp³-hybridized carbons (Fsp3) is 0.765. The van der Waals surface area contributed by atoms with E-state index in [1.54, 1.807) is 0 Å². The molecule has 0 heterocycles. The van der Waals surface area contributed by atoms with E-state index in [0.29, 0.717) is 11.3 Å². The van der Waals surface area contributed by atoms with Crippen LogP contribution in [0.5, 0.6) is 0 Å². The van der Waals surface area contributed by atoms with E-state index in [1.165, 1.54) is 0 Å². The lowest BCUT2D eigenvalue weighted by Gasteiger charge is -2.30. The predicted molar refractivity (Wildman–Crippen MR) is 90.3 cm³/mol. The molecule has 0 aliphatic carbocycles. The zero-order chi connectivity index (χ0) is 16.2. The second-order valence-electron chi connectivity index (χ2n) is 6.84. The van der Waals surface area contributed by atoms with Crippen LogP contribution in [0.3, 0.4) is 0 Å². The van der Waals surface area contributed by atoms with Crippen LogP contribution in [0.2, 0.25) is 0 Å². The summed E-state index contributed by atoms with van der Waals surface area (Å²) in [6.45, 7) is 14.4. The van der Waals surface area contributed by atoms with Crippen LogP contribution in [0.4, 0.5) is 5.69 Å². The van der Waals surface area contributed by atoms with Crippen LogP contribution in [0.15, 0.2) is 9.59 Å². The summed E-state index contributed by atoms with van der Waals surface area (Å²) in [4.78, 5) is 28.0. The summed E-state index contributed by atoms with van der Waals surface area (Å²) in [5.74, 6) is 0. The van der Waals surface area contributed by atoms with E-state index in [4.69, 9.17) is 0 Å². The highest BCUT2D eigenvalue weighted by atomic mass is 16.2. The maximum atomic E-state index is 11.9. The number of anilines is 1. The van der Waals surface area contributed by atoms with Crippen LogP contribution in [-0.2, 0) is 5.41 Å². The largest absolute Gasteiger partial charge is 0.371 e. The first-order chi connectivity index (χ1) is 9.73. The average Bonchev–Trinajstić information content (AvgIpc) is 2.40. The molecular formula is C17H30N2O2. The second kappa shape index (κ2) is 7.21. The summed E-state index contributed by atoms with van der Waals surface area (Å²) in [5, 5.41) is 0. The fourth-order valence-electron chi connectivity index (χ4n) is 2.83. The summed E-state index contributed by atoms with van der Waals surface area (Å²) in [6, 6.07) is 0. The molecule has 0 saturated heterocycles. The van der Waals surface area contributed by atoms with E-state index in [1.807, 2.05) is 32.7 Å². The fourth-order valence-corrected chi connectivity index (χ4v) is 2.83. The molecule has 0 saturated carbocycles. The van der Waals surface area contributed by atoms with Crippen molar-refractivity contribution in [1.82, 2.24) is 4.90 Å². The van der Waals surface area contributed by atoms with Gasteiger partial charge < -0.3 is 9.80 Å². The molecule has 0 atom stereocenters. The molecule has 21 heavy (non-hydrogen) atoms. The van der Waals surface area contributed by atoms with E-state index in [2.05, 4.69) is 18.7 Å². The van der Waals surface area contributed by atoms with E-state index in [9.17, 15) is 9.59 Å². The van der Waals surface area contributed by atoms with Crippen LogP contribution in [0, 0.1) is 0 Å². The zero-order valence-electron chi connectivity index (χ0n) is 14.5. The molecular weight excluding hydrogens is 264 g/mol. The minimum absolute atomic E-state index is 0.258. The van der Waals surface area contributed by atoms with Gasteiger partial charge in [-0.3, -0.25) is 9.59 Å². The van der Waals surface area contributed by atoms with Gasteiger partial charge in [-0.1, -0.05) is 34.6 Å². The lowest BCUT2D eigenvalue weighted by Crippen LogP contribution is -2.47. The first-order valence-electron chi connectivity index (χ1n) is 8.01. The van der Waals surface area contributed by atoms with Crippen LogP contribution < -0.4 is 15.8 Å². The number of hydrogen-bond donors (Lipinski definition) is 0. The molecule has 0 fully saturated rings. The molecule has 1 aromatic carbocycles. The lowest BCUT2D eigenvalue weighted by atomic mass is 9.82. The van der Waals surface area contributed by atoms with Crippen molar-refractivity contribution in [2.24, 2.45) is 0 Å². The van der Waals surface area contributed by atoms with Gasteiger partial charge >= 0.3 is 0 Å². The smallest absolute Gasteiger partial charge is 0.249 e. The zero-order valence-corrected chi connectivity index (χ0v) is 14.5. The third-order valence-electron chi connectivity index (χ3n) is 3.97. The average molecular weight is 294 g/mol. The molecule has 120 valence electrons. The van der Waals surface area contributed by atoms with Crippen molar-refractivity contribution in [3.63, 3.8) is 0 Å². The Balaban J connectivity index is 2.66. The number of hydrogen-bond acceptors (Lipinski definition) is 4. The standard InChI is InChI=1S/C17H30N2O2/c1-7-10-19(8-2)12-9-11-18(6)14-13(17(3,4)5)15(20)16(14)21/h7-12H2,1-6H3. The Hall–Kier alpha value is -1.16. The van der Waals surface area contributed by atoms with Gasteiger partial charge in [-0.25, -0.2) is 0 Å². The van der Waals surface area contributed by atoms with Crippen LogP contribution >= 0.6 is 0 Å². The maximum absolute atomic E-state index is 11.9. The number of nitrogens with zero attached hydrogens (tertiary/aromatic N) is 2. The van der Waals surface area contributed by atoms with Gasteiger partial charge in [0.15, 0.2) is 0 Å². The van der Waals surface area contributed by atoms with E-state index in [0.717, 1.165) is 39.0 Å². The van der Waals surface area contributed by atoms with Gasteiger partial charge in [0, 0.05) is 19.2 Å². The van der Waals surface area contributed by atoms with Crippen LogP contribution in [0.1, 0.15) is 53.0 Å². The minimum atomic E-state index is -0.316. The Morgan fingerprint density at radius 3 is 2.05 bits per heavy atom. The highest BCUT2D eigenvalue weighted by Crippen LogP contribution is 2.27. The highest BCUT2D eigenvalue weighted by Gasteiger charge is 2.31. The van der Waals surface area contributed by atoms with Gasteiger partial charge in [0.1, 0.15) is 0 Å². The first kappa shape index (κ1) is 17.9. The van der Waals surface area contributed by atoms with Crippen molar-refractivity contribution in [1.29, 1.82) is 0 Å². The molecule has 0 spiro atoms. The van der Waals surface area contributed by atoms with Gasteiger partial charge in [-0.2, -0.15) is 0 Å². The molecule has 0 aromatic heterocycles. The normalized spacial score (nSPS) is 12.3. The van der Waals surface area contributed by atoms with Gasteiger partial charge in [0.2, 0.25) is 10.9 Å². The monoisotopic (exact) mass is 294 g/mol. The van der Waals surface area contributed by atoms with Crippen LogP contribution in [0.25, 0.3) is 0 Å². The Kier molecular flexibility index (Phi) is 6.14. The van der Waals surface area contributed by atoms with Gasteiger partial charge in [0.05, 0.1) is 5.69 Å². The summed E-state index contributed by atoms with van der Waals surface area (Å²) in [7, 11) is 1.92. The van der Waals surface area contributed by atoms with Crippen molar-refractivity contribution < 1.29 is 0 Å². The molecule has 1 aromatic rings. The summed E-state index contributed by atoms with van der Waals surface area (Å²) in [5.41, 5.74) is 0.447. The third-order valence-corrected chi connectivity index (χ3v) is 3.97. The van der Waals surface area contributed by atoms with Crippen molar-refractivity contribution in [2.45, 2.75) is 52.9 Å². The van der Waals surface area contributed by atoms with Gasteiger partial charge in [-0.05, 0) is 37.9 Å². The molecule has 0 amide bonds. The highest BCUT2D eigenvalue weighted by molar-refractivity contribution is 5.60. The Morgan fingerprint density at radius 1 is 0.952 bits per heavy atom. The summed E-state index contributed by atoms with van der Waals surface area (Å²) in [6.07, 6.45) is 2.17. The minimum Gasteiger partial charge on any atom is -0.371 e. The van der Waals surface area contributed by atoms with Gasteiger partial charge in [0.25, 0.3) is 0 Å². The quantitative estimate of drug-likeness (QED) is 0.689. The maximum Gasteiger partial charge on any atom is 0.249 e. The Morgan fingerprint density at radius 2 is 1.57 bits per heavy atom. The predicted octanol–water partition coefficient (Wildman–Crippen LogP) is 2.14. The van der Waals surface area contributed by atoms with Gasteiger partial charge in [-0.15, -0.1) is 0 Å². The summed E-state index contributed by atoms with van der Waals surface area (Å²) < 4.78 is 0. The SMILES string of the molecule is CCCN(CC)CCCN(C)c1c(C(C)(C)C)c(=O)c1=O. The summed E-state index contributed by atoms with van der Waals surface area (Å²) >= 11 is 0. The molecule has 0 N–H and O–H groups in total. The molecule has 0 bridgehead atoms. The van der Waals surface area contributed by atoms with Crippen molar-refractivity contribution in [2.75, 3.05) is 38.1 Å². The molecule has 0 radical (unpaired) electrons. The molecule has 0 unspecified atom stereocenters. The first-order valence-corrected chi connectivity index (χ1v) is 8.01. The van der Waals surface area contributed by atoms with E-state index in [-0.39, 0.29) is 16.3 Å². The molecule has 0 aliphatic rings. The van der Waals surface area contributed by atoms with Crippen molar-refractivity contribution in [3.05, 3.63) is 26.0 Å². The van der Waals surface area contributed by atoms with E-state index < -0.39 is 0 Å². The lowest BCUT2D eigenvalue weighted by molar-refractivity contribution is 0.286. The third kappa shape index (κ3) is 4.16. The molecule has 1 rings (SSSR count). The van der Waals surface area contributed by atoms with Crippen LogP contribution in [-0.4, -0.2) is 38.1 Å². The topological polar surface area (TPSA) is 40.6 Å². The number of rotatable bonds is 8. The molecule has 4 heteroatoms. The van der Waals surface area contributed by atoms with Crippen molar-refractivity contribution >= 4 is 5.69 Å². The Labute approximate surface area is 128 Å². The molecule has 0 aliphatic heterocycles. The second-order valence-corrected chi connectivity index (χ2v) is 6.84. The van der Waals surface area contributed by atoms with Crippen molar-refractivity contribution in [3.8, 4) is 0 Å².